The van der Waals surface area contributed by atoms with E-state index in [2.05, 4.69) is 57.8 Å². The Morgan fingerprint density at radius 3 is 1.17 bits per heavy atom. The molecule has 7 aromatic rings. The summed E-state index contributed by atoms with van der Waals surface area (Å²) in [5.41, 5.74) is 10.3. The average molecular weight is 1930 g/mol. The first-order valence-corrected chi connectivity index (χ1v) is 45.5. The summed E-state index contributed by atoms with van der Waals surface area (Å²) in [5.74, 6) is -0.321. The molecule has 3 aliphatic rings. The number of hydrogen-bond donors (Lipinski definition) is 6. The minimum absolute atomic E-state index is 0. The molecule has 0 aliphatic carbocycles. The number of piperazine rings is 3. The smallest absolute Gasteiger partial charge is 0.411 e. The highest BCUT2D eigenvalue weighted by Gasteiger charge is 2.44. The van der Waals surface area contributed by atoms with E-state index >= 15 is 0 Å². The number of alkyl halides is 1. The molecule has 3 saturated heterocycles. The van der Waals surface area contributed by atoms with Crippen LogP contribution < -0.4 is 32.3 Å². The number of alkyl carbamates (subject to hydrolysis) is 3. The molecule has 766 valence electrons. The maximum Gasteiger partial charge on any atom is 0.411 e. The van der Waals surface area contributed by atoms with Gasteiger partial charge in [0.25, 0.3) is 0 Å². The van der Waals surface area contributed by atoms with Crippen molar-refractivity contribution in [2.75, 3.05) is 64.9 Å². The number of hydrogen-bond acceptors (Lipinski definition) is 19. The summed E-state index contributed by atoms with van der Waals surface area (Å²) in [4.78, 5) is 120. The second kappa shape index (κ2) is 64.1. The molecule has 0 unspecified atom stereocenters. The minimum atomic E-state index is -0.731. The second-order valence-electron chi connectivity index (χ2n) is 37.9. The summed E-state index contributed by atoms with van der Waals surface area (Å²) in [6.07, 6.45) is -2.20. The van der Waals surface area contributed by atoms with Crippen LogP contribution in [0.3, 0.4) is 0 Å². The van der Waals surface area contributed by atoms with Gasteiger partial charge in [0.2, 0.25) is 23.6 Å². The van der Waals surface area contributed by atoms with Crippen LogP contribution in [0.15, 0.2) is 212 Å². The van der Waals surface area contributed by atoms with Crippen LogP contribution in [0.4, 0.5) is 24.0 Å². The molecule has 137 heavy (non-hydrogen) atoms. The van der Waals surface area contributed by atoms with Crippen LogP contribution in [0.5, 0.6) is 0 Å². The van der Waals surface area contributed by atoms with E-state index in [1.807, 2.05) is 311 Å². The van der Waals surface area contributed by atoms with Gasteiger partial charge in [0.15, 0.2) is 0 Å². The lowest BCUT2D eigenvalue weighted by Gasteiger charge is -2.44. The van der Waals surface area contributed by atoms with Gasteiger partial charge in [-0.3, -0.25) is 34.3 Å². The van der Waals surface area contributed by atoms with Gasteiger partial charge in [0.05, 0.1) is 38.5 Å². The van der Waals surface area contributed by atoms with Crippen molar-refractivity contribution in [3.63, 3.8) is 0 Å². The van der Waals surface area contributed by atoms with E-state index in [9.17, 15) is 43.2 Å². The van der Waals surface area contributed by atoms with Crippen molar-refractivity contribution in [2.45, 2.75) is 312 Å². The fraction of sp³-hybridized carbons (Fsp3) is 0.528. The van der Waals surface area contributed by atoms with Gasteiger partial charge in [0.1, 0.15) is 52.5 Å². The van der Waals surface area contributed by atoms with Crippen LogP contribution >= 0.6 is 11.6 Å². The van der Waals surface area contributed by atoms with Gasteiger partial charge in [-0.25, -0.2) is 24.0 Å². The normalized spacial score (nSPS) is 16.2. The first kappa shape index (κ1) is 128. The maximum absolute atomic E-state index is 13.4. The fourth-order valence-electron chi connectivity index (χ4n) is 13.4. The lowest BCUT2D eigenvalue weighted by molar-refractivity contribution is -0.148. The molecule has 0 saturated carbocycles. The molecule has 9 amide bonds. The van der Waals surface area contributed by atoms with Crippen molar-refractivity contribution >= 4 is 65.7 Å². The van der Waals surface area contributed by atoms with Crippen molar-refractivity contribution in [1.29, 1.82) is 0 Å². The van der Waals surface area contributed by atoms with Gasteiger partial charge in [-0.1, -0.05) is 257 Å². The van der Waals surface area contributed by atoms with Crippen LogP contribution in [0.1, 0.15) is 229 Å². The SMILES string of the molecule is C.C.C.C.C.C.C[C@@H](CN(Cc1ccccc1)C(=O)CCl)NC(=O)OC(C)(C)C.C[C@@H](CN)NC(=O)OC(C)(C)C.C[C@@H](CNCc1ccccc1)NC(=O)OC(C)(C)C.C[C@H]1CN(Cc2ccccc2)C(=O)CN1C(=O)OC(C)(C)C.C[C@H]1CN(Cc2ccccc2)C(=O)[C@H](COCc2ccccc2)N1.C[C@H]1CN(Cc2ccccc2)C(=O)[C@H](COCc2ccccc2)N1C(=O)OC(C)(C)C. The number of rotatable bonds is 27. The Hall–Kier alpha value is -11.1. The summed E-state index contributed by atoms with van der Waals surface area (Å²) in [7, 11) is 0. The van der Waals surface area contributed by atoms with Gasteiger partial charge >= 0.3 is 30.5 Å². The van der Waals surface area contributed by atoms with Gasteiger partial charge in [0, 0.05) is 96.2 Å². The number of carbonyl (C=O) groups excluding carboxylic acids is 9. The van der Waals surface area contributed by atoms with Gasteiger partial charge < -0.3 is 79.8 Å². The number of ether oxygens (including phenoxy) is 7. The van der Waals surface area contributed by atoms with E-state index in [4.69, 9.17) is 50.5 Å². The molecule has 28 nitrogen and oxygen atoms in total. The molecule has 3 heterocycles. The van der Waals surface area contributed by atoms with Gasteiger partial charge in [-0.2, -0.15) is 0 Å². The summed E-state index contributed by atoms with van der Waals surface area (Å²) >= 11 is 5.69. The summed E-state index contributed by atoms with van der Waals surface area (Å²) in [5, 5.41) is 14.8. The van der Waals surface area contributed by atoms with Crippen LogP contribution in [0.2, 0.25) is 0 Å². The highest BCUT2D eigenvalue weighted by molar-refractivity contribution is 6.27. The first-order valence-electron chi connectivity index (χ1n) is 44.9. The Kier molecular flexibility index (Phi) is 59.8. The van der Waals surface area contributed by atoms with E-state index in [0.29, 0.717) is 78.7 Å². The van der Waals surface area contributed by atoms with Crippen LogP contribution in [-0.2, 0) is 98.3 Å². The fourth-order valence-corrected chi connectivity index (χ4v) is 13.6. The highest BCUT2D eigenvalue weighted by Crippen LogP contribution is 2.26. The van der Waals surface area contributed by atoms with Gasteiger partial charge in [-0.05, 0) is 184 Å². The van der Waals surface area contributed by atoms with E-state index in [1.54, 1.807) is 40.4 Å². The van der Waals surface area contributed by atoms with E-state index < -0.39 is 58.4 Å². The molecule has 7 aromatic carbocycles. The Balaban J connectivity index is 0. The van der Waals surface area contributed by atoms with E-state index in [0.717, 1.165) is 46.5 Å². The maximum atomic E-state index is 13.4. The Bertz CT molecular complexity index is 4520. The predicted octanol–water partition coefficient (Wildman–Crippen LogP) is 20.0. The topological polar surface area (TPSA) is 324 Å². The van der Waals surface area contributed by atoms with Crippen LogP contribution in [0, 0.1) is 0 Å². The van der Waals surface area contributed by atoms with E-state index in [1.165, 1.54) is 10.5 Å². The van der Waals surface area contributed by atoms with Crippen molar-refractivity contribution in [3.05, 3.63) is 251 Å². The summed E-state index contributed by atoms with van der Waals surface area (Å²) in [6.45, 7) is 46.6. The average Bonchev–Trinajstić information content (AvgIpc) is 0.787. The number of nitrogens with zero attached hydrogens (tertiary/aromatic N) is 6. The zero-order chi connectivity index (χ0) is 97.1. The number of benzene rings is 7. The number of carbonyl (C=O) groups is 9. The van der Waals surface area contributed by atoms with Crippen molar-refractivity contribution in [3.8, 4) is 0 Å². The third kappa shape index (κ3) is 53.4. The Morgan fingerprint density at radius 2 is 0.774 bits per heavy atom. The second-order valence-corrected chi connectivity index (χ2v) is 38.2. The molecule has 0 spiro atoms. The molecule has 29 heteroatoms. The molecule has 3 aliphatic heterocycles. The molecule has 8 atom stereocenters. The molecule has 0 aromatic heterocycles. The van der Waals surface area contributed by atoms with Gasteiger partial charge in [-0.15, -0.1) is 11.6 Å². The highest BCUT2D eigenvalue weighted by atomic mass is 35.5. The predicted molar refractivity (Wildman–Crippen MR) is 555 cm³/mol. The number of halogens is 1. The summed E-state index contributed by atoms with van der Waals surface area (Å²) < 4.78 is 38.0. The molecule has 10 rings (SSSR count). The molecule has 3 fully saturated rings. The standard InChI is InChI=1S/C25H32N2O4.C20H24N2O2.C17H25ClN2O3.C17H24N2O3.C15H24N2O2.C8H18N2O2.6CH4/c1-19-15-26(16-20-11-7-5-8-12-20)23(28)22(27(19)24(29)31-25(2,3)4)18-30-17-21-13-9-6-10-14-21;1-16-12-22(13-17-8-4-2-5-9-17)20(23)19(21-16)15-24-14-18-10-6-3-7-11-18;1-13(19-16(22)23-17(2,3)4)11-20(15(21)10-18)12-14-8-6-5-7-9-14;1-13-10-18(11-14-8-6-5-7-9-14)15(20)12-19(13)16(21)22-17(2,3)4;1-12(17-14(18)19-15(2,3)4)10-16-11-13-8-6-5-7-9-13;1-6(5-9)10-7(11)12-8(2,3)4;;;;;;/h5-14,19,22H,15-18H2,1-4H3;2-11,16,19,21H,12-15H2,1H3;5-9,13H,10-12H2,1-4H3,(H,19,22);5-9,13H,10-12H2,1-4H3;5-9,12,16H,10-11H2,1-4H3,(H,17,18);6H,5,9H2,1-4H3,(H,10,11);6*1H4/t19-,22-;16-,19-;2*13-;12-;6-;;;;;;/m000000....../s1. The lowest BCUT2D eigenvalue weighted by Crippen LogP contribution is -2.64. The quantitative estimate of drug-likeness (QED) is 0.0206. The molecular weight excluding hydrogens is 1760 g/mol. The Labute approximate surface area is 827 Å². The van der Waals surface area contributed by atoms with Crippen LogP contribution in [0.25, 0.3) is 0 Å². The first-order chi connectivity index (χ1) is 61.6. The number of nitrogens with one attached hydrogen (secondary N) is 5. The Morgan fingerprint density at radius 1 is 0.431 bits per heavy atom. The molecule has 0 radical (unpaired) electrons. The largest absolute Gasteiger partial charge is 0.444 e. The van der Waals surface area contributed by atoms with E-state index in [-0.39, 0.29) is 136 Å². The van der Waals surface area contributed by atoms with Crippen molar-refractivity contribution < 1.29 is 76.3 Å². The number of amides is 9. The van der Waals surface area contributed by atoms with Crippen molar-refractivity contribution in [2.24, 2.45) is 5.73 Å². The zero-order valence-electron chi connectivity index (χ0n) is 81.0. The van der Waals surface area contributed by atoms with Crippen molar-refractivity contribution in [1.82, 2.24) is 56.0 Å². The molecular formula is C108H171ClN12O16. The third-order valence-corrected chi connectivity index (χ3v) is 19.5. The summed E-state index contributed by atoms with van der Waals surface area (Å²) in [6, 6.07) is 68.2. The molecule has 0 bridgehead atoms. The third-order valence-electron chi connectivity index (χ3n) is 19.3. The number of nitrogens with two attached hydrogens (primary N) is 1. The zero-order valence-corrected chi connectivity index (χ0v) is 81.8. The monoisotopic (exact) mass is 1930 g/mol. The van der Waals surface area contributed by atoms with Crippen LogP contribution in [-0.4, -0.2) is 225 Å². The minimum Gasteiger partial charge on any atom is -0.444 e. The molecule has 7 N–H and O–H groups in total. The lowest BCUT2D eigenvalue weighted by atomic mass is 10.1.